The van der Waals surface area contributed by atoms with E-state index < -0.39 is 0 Å². The van der Waals surface area contributed by atoms with E-state index in [0.717, 1.165) is 17.7 Å². The van der Waals surface area contributed by atoms with Gasteiger partial charge in [0.2, 0.25) is 5.91 Å². The number of hydrogen-bond acceptors (Lipinski definition) is 2. The molecule has 0 radical (unpaired) electrons. The number of nitrogens with zero attached hydrogens (tertiary/aromatic N) is 2. The Hall–Kier alpha value is -2.95. The normalized spacial score (nSPS) is 10.5. The van der Waals surface area contributed by atoms with Gasteiger partial charge in [-0.2, -0.15) is 5.10 Å². The minimum Gasteiger partial charge on any atom is -0.355 e. The van der Waals surface area contributed by atoms with E-state index in [2.05, 4.69) is 10.4 Å². The van der Waals surface area contributed by atoms with Gasteiger partial charge in [0.1, 0.15) is 5.82 Å². The fourth-order valence-electron chi connectivity index (χ4n) is 2.46. The molecule has 3 rings (SSSR count). The van der Waals surface area contributed by atoms with Gasteiger partial charge in [0.25, 0.3) is 0 Å². The van der Waals surface area contributed by atoms with Crippen LogP contribution in [-0.2, 0) is 17.6 Å². The van der Waals surface area contributed by atoms with Crippen molar-refractivity contribution in [2.24, 2.45) is 0 Å². The third kappa shape index (κ3) is 4.07. The van der Waals surface area contributed by atoms with E-state index in [4.69, 9.17) is 0 Å². The van der Waals surface area contributed by atoms with Crippen molar-refractivity contribution in [2.45, 2.75) is 12.8 Å². The lowest BCUT2D eigenvalue weighted by Crippen LogP contribution is -2.27. The highest BCUT2D eigenvalue weighted by atomic mass is 19.1. The molecule has 1 N–H and O–H groups in total. The summed E-state index contributed by atoms with van der Waals surface area (Å²) in [7, 11) is 0. The van der Waals surface area contributed by atoms with Crippen molar-refractivity contribution in [3.63, 3.8) is 0 Å². The van der Waals surface area contributed by atoms with Gasteiger partial charge in [-0.05, 0) is 41.8 Å². The second-order valence-corrected chi connectivity index (χ2v) is 5.49. The summed E-state index contributed by atoms with van der Waals surface area (Å²) in [5, 5.41) is 7.00. The molecule has 0 bridgehead atoms. The van der Waals surface area contributed by atoms with Gasteiger partial charge in [-0.25, -0.2) is 9.07 Å². The molecule has 24 heavy (non-hydrogen) atoms. The number of benzene rings is 2. The molecule has 0 aliphatic rings. The summed E-state index contributed by atoms with van der Waals surface area (Å²) in [6.45, 7) is 0.522. The Morgan fingerprint density at radius 2 is 1.88 bits per heavy atom. The van der Waals surface area contributed by atoms with Crippen molar-refractivity contribution < 1.29 is 9.18 Å². The molecule has 0 saturated heterocycles. The fraction of sp³-hybridized carbons (Fsp3) is 0.158. The van der Waals surface area contributed by atoms with E-state index in [1.54, 1.807) is 29.1 Å². The summed E-state index contributed by atoms with van der Waals surface area (Å²) in [5.41, 5.74) is 2.53. The highest BCUT2D eigenvalue weighted by Crippen LogP contribution is 2.09. The first-order chi connectivity index (χ1) is 11.7. The Bertz CT molecular complexity index is 798. The molecule has 0 aliphatic carbocycles. The second kappa shape index (κ2) is 7.55. The van der Waals surface area contributed by atoms with Crippen molar-refractivity contribution in [3.05, 3.63) is 83.9 Å². The molecule has 122 valence electrons. The molecule has 1 aromatic heterocycles. The highest BCUT2D eigenvalue weighted by molar-refractivity contribution is 5.78. The van der Waals surface area contributed by atoms with Crippen LogP contribution in [0.4, 0.5) is 4.39 Å². The Morgan fingerprint density at radius 3 is 2.58 bits per heavy atom. The van der Waals surface area contributed by atoms with Crippen molar-refractivity contribution in [2.75, 3.05) is 6.54 Å². The third-order valence-electron chi connectivity index (χ3n) is 3.75. The topological polar surface area (TPSA) is 46.9 Å². The van der Waals surface area contributed by atoms with Crippen LogP contribution < -0.4 is 5.32 Å². The van der Waals surface area contributed by atoms with Crippen molar-refractivity contribution in [1.29, 1.82) is 0 Å². The van der Waals surface area contributed by atoms with E-state index in [9.17, 15) is 9.18 Å². The molecule has 2 aromatic carbocycles. The van der Waals surface area contributed by atoms with Crippen LogP contribution in [0, 0.1) is 5.82 Å². The van der Waals surface area contributed by atoms with Gasteiger partial charge < -0.3 is 5.32 Å². The van der Waals surface area contributed by atoms with Gasteiger partial charge in [0.05, 0.1) is 12.1 Å². The molecular weight excluding hydrogens is 305 g/mol. The van der Waals surface area contributed by atoms with Gasteiger partial charge >= 0.3 is 0 Å². The number of rotatable bonds is 6. The van der Waals surface area contributed by atoms with Gasteiger partial charge in [0, 0.05) is 18.9 Å². The van der Waals surface area contributed by atoms with Crippen LogP contribution in [0.2, 0.25) is 0 Å². The third-order valence-corrected chi connectivity index (χ3v) is 3.75. The number of hydrogen-bond donors (Lipinski definition) is 1. The molecule has 0 fully saturated rings. The quantitative estimate of drug-likeness (QED) is 0.758. The Morgan fingerprint density at radius 1 is 1.08 bits per heavy atom. The number of halogens is 1. The maximum atomic E-state index is 13.5. The largest absolute Gasteiger partial charge is 0.355 e. The molecule has 3 aromatic rings. The summed E-state index contributed by atoms with van der Waals surface area (Å²) in [4.78, 5) is 11.9. The van der Waals surface area contributed by atoms with Crippen LogP contribution in [0.5, 0.6) is 0 Å². The minimum absolute atomic E-state index is 0.0604. The molecule has 0 spiro atoms. The van der Waals surface area contributed by atoms with Gasteiger partial charge in [-0.1, -0.05) is 30.3 Å². The smallest absolute Gasteiger partial charge is 0.224 e. The van der Waals surface area contributed by atoms with Crippen LogP contribution in [0.15, 0.2) is 67.0 Å². The Kier molecular flexibility index (Phi) is 5.01. The molecule has 0 atom stereocenters. The zero-order valence-electron chi connectivity index (χ0n) is 13.2. The molecule has 4 nitrogen and oxygen atoms in total. The molecule has 0 aliphatic heterocycles. The predicted octanol–water partition coefficient (Wildman–Crippen LogP) is 2.91. The summed E-state index contributed by atoms with van der Waals surface area (Å²) in [6.07, 6.45) is 4.41. The molecule has 0 unspecified atom stereocenters. The van der Waals surface area contributed by atoms with Crippen LogP contribution >= 0.6 is 0 Å². The van der Waals surface area contributed by atoms with Crippen LogP contribution in [0.25, 0.3) is 5.69 Å². The van der Waals surface area contributed by atoms with E-state index >= 15 is 0 Å². The SMILES string of the molecule is O=C(Cc1ccccc1F)NCCc1ccc(-n2cccn2)cc1. The molecular formula is C19H18FN3O. The van der Waals surface area contributed by atoms with E-state index in [-0.39, 0.29) is 18.1 Å². The zero-order chi connectivity index (χ0) is 16.8. The Balaban J connectivity index is 1.48. The first-order valence-electron chi connectivity index (χ1n) is 7.81. The summed E-state index contributed by atoms with van der Waals surface area (Å²) < 4.78 is 15.3. The first kappa shape index (κ1) is 15.9. The maximum absolute atomic E-state index is 13.5. The summed E-state index contributed by atoms with van der Waals surface area (Å²) >= 11 is 0. The van der Waals surface area contributed by atoms with Crippen LogP contribution in [-0.4, -0.2) is 22.2 Å². The highest BCUT2D eigenvalue weighted by Gasteiger charge is 2.07. The molecule has 1 heterocycles. The molecule has 0 saturated carbocycles. The standard InChI is InChI=1S/C19H18FN3O/c20-18-5-2-1-4-16(18)14-19(24)21-12-10-15-6-8-17(9-7-15)23-13-3-11-22-23/h1-9,11,13H,10,12,14H2,(H,21,24). The monoisotopic (exact) mass is 323 g/mol. The minimum atomic E-state index is -0.345. The van der Waals surface area contributed by atoms with E-state index in [1.807, 2.05) is 36.5 Å². The Labute approximate surface area is 139 Å². The van der Waals surface area contributed by atoms with E-state index in [0.29, 0.717) is 12.1 Å². The van der Waals surface area contributed by atoms with Crippen LogP contribution in [0.3, 0.4) is 0 Å². The maximum Gasteiger partial charge on any atom is 0.224 e. The lowest BCUT2D eigenvalue weighted by atomic mass is 10.1. The summed E-state index contributed by atoms with van der Waals surface area (Å²) in [5.74, 6) is -0.518. The van der Waals surface area contributed by atoms with Gasteiger partial charge in [-0.15, -0.1) is 0 Å². The fourth-order valence-corrected chi connectivity index (χ4v) is 2.46. The van der Waals surface area contributed by atoms with Crippen LogP contribution in [0.1, 0.15) is 11.1 Å². The zero-order valence-corrected chi connectivity index (χ0v) is 13.2. The molecule has 5 heteroatoms. The van der Waals surface area contributed by atoms with E-state index in [1.165, 1.54) is 6.07 Å². The second-order valence-electron chi connectivity index (χ2n) is 5.49. The molecule has 1 amide bonds. The number of carbonyl (C=O) groups excluding carboxylic acids is 1. The number of aromatic nitrogens is 2. The van der Waals surface area contributed by atoms with Gasteiger partial charge in [0.15, 0.2) is 0 Å². The van der Waals surface area contributed by atoms with Crippen molar-refractivity contribution in [1.82, 2.24) is 15.1 Å². The van der Waals surface area contributed by atoms with Crippen molar-refractivity contribution >= 4 is 5.91 Å². The number of nitrogens with one attached hydrogen (secondary N) is 1. The number of amides is 1. The number of carbonyl (C=O) groups is 1. The van der Waals surface area contributed by atoms with Gasteiger partial charge in [-0.3, -0.25) is 4.79 Å². The predicted molar refractivity (Wildman–Crippen MR) is 90.4 cm³/mol. The average Bonchev–Trinajstić information content (AvgIpc) is 3.12. The average molecular weight is 323 g/mol. The summed E-state index contributed by atoms with van der Waals surface area (Å²) in [6, 6.07) is 16.2. The lowest BCUT2D eigenvalue weighted by molar-refractivity contribution is -0.120. The first-order valence-corrected chi connectivity index (χ1v) is 7.81. The van der Waals surface area contributed by atoms with Crippen molar-refractivity contribution in [3.8, 4) is 5.69 Å². The lowest BCUT2D eigenvalue weighted by Gasteiger charge is -2.07.